The monoisotopic (exact) mass is 716 g/mol. The van der Waals surface area contributed by atoms with Crippen molar-refractivity contribution in [2.24, 2.45) is 0 Å². The van der Waals surface area contributed by atoms with Crippen LogP contribution in [0.2, 0.25) is 0 Å². The van der Waals surface area contributed by atoms with Gasteiger partial charge < -0.3 is 30.6 Å². The van der Waals surface area contributed by atoms with Crippen molar-refractivity contribution >= 4 is 44.0 Å². The number of halogens is 3. The summed E-state index contributed by atoms with van der Waals surface area (Å²) in [7, 11) is -3.93. The van der Waals surface area contributed by atoms with E-state index in [1.165, 1.54) is 81.6 Å². The average Bonchev–Trinajstić information content (AvgIpc) is 3.03. The van der Waals surface area contributed by atoms with Gasteiger partial charge in [-0.1, -0.05) is 18.2 Å². The van der Waals surface area contributed by atoms with Crippen molar-refractivity contribution in [1.29, 1.82) is 0 Å². The molecule has 3 aromatic carbocycles. The molecule has 11 nitrogen and oxygen atoms in total. The number of amides is 1. The number of nitrogens with zero attached hydrogens (tertiary/aromatic N) is 1. The lowest BCUT2D eigenvalue weighted by molar-refractivity contribution is -0.213. The molecule has 268 valence electrons. The van der Waals surface area contributed by atoms with E-state index in [0.717, 1.165) is 0 Å². The van der Waals surface area contributed by atoms with E-state index in [1.54, 1.807) is 32.9 Å². The second-order valence-corrected chi connectivity index (χ2v) is 15.2. The van der Waals surface area contributed by atoms with Crippen molar-refractivity contribution in [2.45, 2.75) is 75.7 Å². The van der Waals surface area contributed by atoms with Crippen molar-refractivity contribution in [3.05, 3.63) is 84.1 Å². The molecule has 0 radical (unpaired) electrons. The number of anilines is 2. The third-order valence-corrected chi connectivity index (χ3v) is 10.0. The number of nitrogens with two attached hydrogens (primary N) is 1. The predicted molar refractivity (Wildman–Crippen MR) is 182 cm³/mol. The summed E-state index contributed by atoms with van der Waals surface area (Å²) in [6.07, 6.45) is -4.41. The van der Waals surface area contributed by atoms with Crippen LogP contribution >= 0.6 is 0 Å². The van der Waals surface area contributed by atoms with Crippen LogP contribution in [0.15, 0.2) is 77.8 Å². The number of fused-ring (bicyclic) bond motifs is 1. The summed E-state index contributed by atoms with van der Waals surface area (Å²) in [4.78, 5) is 31.1. The van der Waals surface area contributed by atoms with Gasteiger partial charge >= 0.3 is 12.1 Å². The Labute approximate surface area is 288 Å². The van der Waals surface area contributed by atoms with Gasteiger partial charge in [-0.2, -0.15) is 13.2 Å². The highest BCUT2D eigenvalue weighted by Gasteiger charge is 2.52. The fourth-order valence-electron chi connectivity index (χ4n) is 4.96. The smallest absolute Gasteiger partial charge is 0.490 e. The Hall–Kier alpha value is -5.05. The maximum absolute atomic E-state index is 14.4. The number of aromatic nitrogens is 1. The second kappa shape index (κ2) is 14.4. The van der Waals surface area contributed by atoms with Gasteiger partial charge in [0.2, 0.25) is 0 Å². The average molecular weight is 717 g/mol. The number of pyridine rings is 1. The zero-order valence-electron chi connectivity index (χ0n) is 28.3. The quantitative estimate of drug-likeness (QED) is 0.113. The molecule has 0 spiro atoms. The highest BCUT2D eigenvalue weighted by atomic mass is 32.2. The van der Waals surface area contributed by atoms with Gasteiger partial charge in [-0.3, -0.25) is 4.79 Å². The summed E-state index contributed by atoms with van der Waals surface area (Å²) in [5, 5.41) is 6.27. The Kier molecular flexibility index (Phi) is 10.9. The van der Waals surface area contributed by atoms with E-state index in [-0.39, 0.29) is 51.7 Å². The molecule has 4 rings (SSSR count). The van der Waals surface area contributed by atoms with Crippen molar-refractivity contribution in [2.75, 3.05) is 17.7 Å². The Bertz CT molecular complexity index is 2000. The number of esters is 1. The molecule has 50 heavy (non-hydrogen) atoms. The fraction of sp³-hybridized carbons (Fsp3) is 0.343. The van der Waals surface area contributed by atoms with Crippen LogP contribution in [-0.4, -0.2) is 48.9 Å². The maximum Gasteiger partial charge on any atom is 0.491 e. The molecule has 0 saturated heterocycles. The Morgan fingerprint density at radius 1 is 0.960 bits per heavy atom. The summed E-state index contributed by atoms with van der Waals surface area (Å²) in [6, 6.07) is 15.8. The lowest BCUT2D eigenvalue weighted by atomic mass is 9.99. The lowest BCUT2D eigenvalue weighted by Gasteiger charge is -2.35. The molecular weight excluding hydrogens is 677 g/mol. The molecule has 1 heterocycles. The number of alkyl halides is 3. The highest BCUT2D eigenvalue weighted by molar-refractivity contribution is 7.92. The molecule has 0 aliphatic carbocycles. The summed E-state index contributed by atoms with van der Waals surface area (Å²) < 4.78 is 84.1. The first kappa shape index (κ1) is 37.8. The molecule has 1 aromatic heterocycles. The van der Waals surface area contributed by atoms with Crippen LogP contribution in [0.4, 0.5) is 24.7 Å². The van der Waals surface area contributed by atoms with Crippen molar-refractivity contribution in [3.63, 3.8) is 0 Å². The molecule has 1 amide bonds. The number of hydrogen-bond donors (Lipinski definition) is 3. The number of hydrogen-bond acceptors (Lipinski definition) is 10. The minimum Gasteiger partial charge on any atom is -0.490 e. The Morgan fingerprint density at radius 3 is 2.30 bits per heavy atom. The summed E-state index contributed by atoms with van der Waals surface area (Å²) in [6.45, 7) is 9.38. The first-order chi connectivity index (χ1) is 23.3. The SMILES string of the molecule is CCOc1cc(C(Nc2ccc3c(N)nccc3c2)(OC(=O)C(F)(F)F)C(=O)NCc2ccccc2S(=O)(=O)C(C)(C)C)ccc1OC(C)C. The van der Waals surface area contributed by atoms with Crippen molar-refractivity contribution in [3.8, 4) is 11.5 Å². The van der Waals surface area contributed by atoms with E-state index >= 15 is 0 Å². The van der Waals surface area contributed by atoms with Gasteiger partial charge in [0.25, 0.3) is 11.6 Å². The molecule has 1 unspecified atom stereocenters. The van der Waals surface area contributed by atoms with E-state index in [4.69, 9.17) is 19.9 Å². The Morgan fingerprint density at radius 2 is 1.66 bits per heavy atom. The van der Waals surface area contributed by atoms with E-state index in [9.17, 15) is 31.2 Å². The second-order valence-electron chi connectivity index (χ2n) is 12.5. The number of rotatable bonds is 12. The lowest BCUT2D eigenvalue weighted by Crippen LogP contribution is -2.54. The first-order valence-corrected chi connectivity index (χ1v) is 17.1. The molecule has 4 aromatic rings. The van der Waals surface area contributed by atoms with Crippen LogP contribution in [-0.2, 0) is 36.4 Å². The summed E-state index contributed by atoms with van der Waals surface area (Å²) in [5.41, 5.74) is 3.02. The van der Waals surface area contributed by atoms with E-state index in [1.807, 2.05) is 0 Å². The molecule has 0 bridgehead atoms. The molecule has 0 saturated carbocycles. The van der Waals surface area contributed by atoms with Gasteiger partial charge in [0, 0.05) is 29.4 Å². The number of nitrogen functional groups attached to an aromatic ring is 1. The minimum absolute atomic E-state index is 0.0553. The third kappa shape index (κ3) is 8.04. The molecular formula is C35H39F3N4O7S. The van der Waals surface area contributed by atoms with Gasteiger partial charge in [0.1, 0.15) is 5.82 Å². The number of carbonyl (C=O) groups is 2. The van der Waals surface area contributed by atoms with Crippen LogP contribution in [0.1, 0.15) is 52.7 Å². The number of sulfone groups is 1. The zero-order chi connectivity index (χ0) is 37.1. The van der Waals surface area contributed by atoms with Crippen LogP contribution in [0.5, 0.6) is 11.5 Å². The topological polar surface area (TPSA) is 159 Å². The van der Waals surface area contributed by atoms with E-state index in [2.05, 4.69) is 15.6 Å². The molecule has 1 atom stereocenters. The molecule has 15 heteroatoms. The van der Waals surface area contributed by atoms with E-state index < -0.39 is 44.9 Å². The normalized spacial score (nSPS) is 13.4. The van der Waals surface area contributed by atoms with Gasteiger partial charge in [-0.05, 0) is 101 Å². The highest BCUT2D eigenvalue weighted by Crippen LogP contribution is 2.39. The van der Waals surface area contributed by atoms with Crippen molar-refractivity contribution in [1.82, 2.24) is 10.3 Å². The van der Waals surface area contributed by atoms with Gasteiger partial charge in [0.05, 0.1) is 22.4 Å². The third-order valence-electron chi connectivity index (χ3n) is 7.43. The molecule has 0 fully saturated rings. The fourth-order valence-corrected chi connectivity index (χ4v) is 6.36. The number of benzene rings is 3. The van der Waals surface area contributed by atoms with Crippen molar-refractivity contribution < 1.29 is 45.4 Å². The Balaban J connectivity index is 1.93. The van der Waals surface area contributed by atoms with Gasteiger partial charge in [-0.25, -0.2) is 18.2 Å². The minimum atomic E-state index is -5.52. The summed E-state index contributed by atoms with van der Waals surface area (Å²) in [5.74, 6) is -3.47. The number of nitrogens with one attached hydrogen (secondary N) is 2. The van der Waals surface area contributed by atoms with Crippen LogP contribution < -0.4 is 25.8 Å². The summed E-state index contributed by atoms with van der Waals surface area (Å²) >= 11 is 0. The van der Waals surface area contributed by atoms with Crippen LogP contribution in [0.25, 0.3) is 10.8 Å². The van der Waals surface area contributed by atoms with Gasteiger partial charge in [-0.15, -0.1) is 0 Å². The van der Waals surface area contributed by atoms with E-state index in [0.29, 0.717) is 10.8 Å². The van der Waals surface area contributed by atoms with Crippen LogP contribution in [0, 0.1) is 0 Å². The first-order valence-electron chi connectivity index (χ1n) is 15.6. The number of ether oxygens (including phenoxy) is 3. The zero-order valence-corrected chi connectivity index (χ0v) is 29.2. The molecule has 0 aliphatic heterocycles. The molecule has 4 N–H and O–H groups in total. The number of carbonyl (C=O) groups excluding carboxylic acids is 2. The van der Waals surface area contributed by atoms with Gasteiger partial charge in [0.15, 0.2) is 21.3 Å². The predicted octanol–water partition coefficient (Wildman–Crippen LogP) is 6.26. The molecule has 0 aliphatic rings. The largest absolute Gasteiger partial charge is 0.491 e. The standard InChI is InChI=1S/C35H39F3N4O7S/c1-7-47-28-19-24(12-15-27(28)48-21(2)3)34(49-32(44)35(36,37)38,42-25-13-14-26-22(18-25)16-17-40-30(26)39)31(43)41-20-23-10-8-9-11-29(23)50(45,46)33(4,5)6/h8-19,21,42H,7,20H2,1-6H3,(H2,39,40)(H,41,43). The van der Waals surface area contributed by atoms with Crippen LogP contribution in [0.3, 0.4) is 0 Å². The maximum atomic E-state index is 14.4.